The summed E-state index contributed by atoms with van der Waals surface area (Å²) in [6, 6.07) is 3.26. The number of carbonyl (C=O) groups is 1. The summed E-state index contributed by atoms with van der Waals surface area (Å²) in [4.78, 5) is 11.8. The SMILES string of the molecule is C#CCOC(=O)C1CCCN(S(=O)(=O)c2cccs2)C1. The molecule has 0 radical (unpaired) electrons. The molecule has 0 saturated carbocycles. The lowest BCUT2D eigenvalue weighted by atomic mass is 10.0. The largest absolute Gasteiger partial charge is 0.452 e. The zero-order chi connectivity index (χ0) is 14.6. The smallest absolute Gasteiger partial charge is 0.311 e. The molecule has 7 heteroatoms. The third-order valence-corrected chi connectivity index (χ3v) is 6.34. The van der Waals surface area contributed by atoms with Crippen LogP contribution in [0.1, 0.15) is 12.8 Å². The molecular formula is C13H15NO4S2. The van der Waals surface area contributed by atoms with Crippen LogP contribution in [0.25, 0.3) is 0 Å². The van der Waals surface area contributed by atoms with E-state index in [4.69, 9.17) is 11.2 Å². The van der Waals surface area contributed by atoms with E-state index in [2.05, 4.69) is 5.92 Å². The number of sulfonamides is 1. The van der Waals surface area contributed by atoms with Crippen molar-refractivity contribution in [2.75, 3.05) is 19.7 Å². The highest BCUT2D eigenvalue weighted by Gasteiger charge is 2.34. The topological polar surface area (TPSA) is 63.7 Å². The predicted octanol–water partition coefficient (Wildman–Crippen LogP) is 1.33. The van der Waals surface area contributed by atoms with Crippen molar-refractivity contribution in [3.63, 3.8) is 0 Å². The van der Waals surface area contributed by atoms with Gasteiger partial charge in [0, 0.05) is 13.1 Å². The van der Waals surface area contributed by atoms with Gasteiger partial charge in [0.1, 0.15) is 4.21 Å². The molecule has 1 fully saturated rings. The summed E-state index contributed by atoms with van der Waals surface area (Å²) >= 11 is 1.17. The number of piperidine rings is 1. The minimum absolute atomic E-state index is 0.0764. The lowest BCUT2D eigenvalue weighted by Crippen LogP contribution is -2.42. The third kappa shape index (κ3) is 3.20. The fourth-order valence-electron chi connectivity index (χ4n) is 2.12. The molecule has 0 spiro atoms. The number of terminal acetylenes is 1. The maximum Gasteiger partial charge on any atom is 0.311 e. The van der Waals surface area contributed by atoms with Gasteiger partial charge in [-0.05, 0) is 24.3 Å². The Kier molecular flexibility index (Phi) is 4.81. The first kappa shape index (κ1) is 15.0. The van der Waals surface area contributed by atoms with Gasteiger partial charge < -0.3 is 4.74 Å². The van der Waals surface area contributed by atoms with Crippen LogP contribution in [0, 0.1) is 18.3 Å². The van der Waals surface area contributed by atoms with Crippen LogP contribution in [0.4, 0.5) is 0 Å². The number of esters is 1. The molecule has 0 amide bonds. The first-order valence-electron chi connectivity index (χ1n) is 6.19. The number of ether oxygens (including phenoxy) is 1. The van der Waals surface area contributed by atoms with Crippen molar-refractivity contribution >= 4 is 27.3 Å². The van der Waals surface area contributed by atoms with Crippen molar-refractivity contribution in [2.24, 2.45) is 5.92 Å². The molecule has 1 aromatic heterocycles. The Bertz CT molecular complexity index is 601. The van der Waals surface area contributed by atoms with Gasteiger partial charge in [0.25, 0.3) is 10.0 Å². The monoisotopic (exact) mass is 313 g/mol. The van der Waals surface area contributed by atoms with Crippen molar-refractivity contribution in [1.29, 1.82) is 0 Å². The van der Waals surface area contributed by atoms with E-state index in [1.54, 1.807) is 17.5 Å². The second-order valence-corrected chi connectivity index (χ2v) is 7.56. The number of rotatable bonds is 4. The van der Waals surface area contributed by atoms with Crippen LogP contribution in [0.2, 0.25) is 0 Å². The van der Waals surface area contributed by atoms with Gasteiger partial charge in [-0.1, -0.05) is 12.0 Å². The minimum Gasteiger partial charge on any atom is -0.452 e. The Morgan fingerprint density at radius 3 is 3.05 bits per heavy atom. The molecule has 1 unspecified atom stereocenters. The van der Waals surface area contributed by atoms with E-state index in [0.717, 1.165) is 0 Å². The molecule has 20 heavy (non-hydrogen) atoms. The molecule has 1 aliphatic rings. The Labute approximate surface area is 122 Å². The van der Waals surface area contributed by atoms with E-state index >= 15 is 0 Å². The van der Waals surface area contributed by atoms with Gasteiger partial charge in [0.2, 0.25) is 0 Å². The molecule has 1 saturated heterocycles. The van der Waals surface area contributed by atoms with Gasteiger partial charge in [0.05, 0.1) is 5.92 Å². The van der Waals surface area contributed by atoms with E-state index in [-0.39, 0.29) is 13.2 Å². The number of nitrogens with zero attached hydrogens (tertiary/aromatic N) is 1. The van der Waals surface area contributed by atoms with Crippen molar-refractivity contribution in [1.82, 2.24) is 4.31 Å². The summed E-state index contributed by atoms with van der Waals surface area (Å²) in [6.07, 6.45) is 6.30. The quantitative estimate of drug-likeness (QED) is 0.621. The molecule has 0 aromatic carbocycles. The molecule has 0 bridgehead atoms. The molecular weight excluding hydrogens is 298 g/mol. The van der Waals surface area contributed by atoms with Crippen molar-refractivity contribution in [3.8, 4) is 12.3 Å². The van der Waals surface area contributed by atoms with Crippen LogP contribution in [0.5, 0.6) is 0 Å². The highest BCUT2D eigenvalue weighted by atomic mass is 32.2. The zero-order valence-electron chi connectivity index (χ0n) is 10.8. The van der Waals surface area contributed by atoms with Crippen LogP contribution < -0.4 is 0 Å². The first-order chi connectivity index (χ1) is 9.55. The van der Waals surface area contributed by atoms with Crippen molar-refractivity contribution in [2.45, 2.75) is 17.1 Å². The van der Waals surface area contributed by atoms with Crippen molar-refractivity contribution < 1.29 is 17.9 Å². The van der Waals surface area contributed by atoms with Crippen molar-refractivity contribution in [3.05, 3.63) is 17.5 Å². The van der Waals surface area contributed by atoms with Crippen LogP contribution in [0.3, 0.4) is 0 Å². The number of hydrogen-bond donors (Lipinski definition) is 0. The third-order valence-electron chi connectivity index (χ3n) is 3.10. The van der Waals surface area contributed by atoms with Gasteiger partial charge in [-0.3, -0.25) is 4.79 Å². The van der Waals surface area contributed by atoms with Crippen LogP contribution in [-0.2, 0) is 19.6 Å². The van der Waals surface area contributed by atoms with Gasteiger partial charge in [-0.15, -0.1) is 17.8 Å². The molecule has 0 N–H and O–H groups in total. The fraction of sp³-hybridized carbons (Fsp3) is 0.462. The summed E-state index contributed by atoms with van der Waals surface area (Å²) in [6.45, 7) is 0.510. The Balaban J connectivity index is 2.08. The Morgan fingerprint density at radius 1 is 1.60 bits per heavy atom. The predicted molar refractivity (Wildman–Crippen MR) is 75.6 cm³/mol. The van der Waals surface area contributed by atoms with E-state index in [9.17, 15) is 13.2 Å². The summed E-state index contributed by atoms with van der Waals surface area (Å²) in [7, 11) is -3.50. The highest BCUT2D eigenvalue weighted by Crippen LogP contribution is 2.26. The maximum atomic E-state index is 12.4. The average Bonchev–Trinajstić information content (AvgIpc) is 2.99. The van der Waals surface area contributed by atoms with Gasteiger partial charge >= 0.3 is 5.97 Å². The Morgan fingerprint density at radius 2 is 2.40 bits per heavy atom. The van der Waals surface area contributed by atoms with E-state index in [1.807, 2.05) is 0 Å². The zero-order valence-corrected chi connectivity index (χ0v) is 12.5. The van der Waals surface area contributed by atoms with E-state index < -0.39 is 21.9 Å². The summed E-state index contributed by atoms with van der Waals surface area (Å²) in [5.41, 5.74) is 0. The fourth-order valence-corrected chi connectivity index (χ4v) is 4.79. The molecule has 1 aromatic rings. The highest BCUT2D eigenvalue weighted by molar-refractivity contribution is 7.91. The van der Waals surface area contributed by atoms with Gasteiger partial charge in [-0.25, -0.2) is 8.42 Å². The molecule has 1 aliphatic heterocycles. The van der Waals surface area contributed by atoms with E-state index in [1.165, 1.54) is 15.6 Å². The molecule has 0 aliphatic carbocycles. The van der Waals surface area contributed by atoms with Crippen LogP contribution in [0.15, 0.2) is 21.7 Å². The summed E-state index contributed by atoms with van der Waals surface area (Å²) in [5, 5.41) is 1.72. The lowest BCUT2D eigenvalue weighted by molar-refractivity contribution is -0.148. The molecule has 2 heterocycles. The van der Waals surface area contributed by atoms with Gasteiger partial charge in [-0.2, -0.15) is 4.31 Å². The lowest BCUT2D eigenvalue weighted by Gasteiger charge is -2.30. The number of carbonyl (C=O) groups excluding carboxylic acids is 1. The minimum atomic E-state index is -3.50. The van der Waals surface area contributed by atoms with Crippen LogP contribution in [-0.4, -0.2) is 38.4 Å². The summed E-state index contributed by atoms with van der Waals surface area (Å²) < 4.78 is 31.3. The number of hydrogen-bond acceptors (Lipinski definition) is 5. The first-order valence-corrected chi connectivity index (χ1v) is 8.51. The molecule has 5 nitrogen and oxygen atoms in total. The van der Waals surface area contributed by atoms with E-state index in [0.29, 0.717) is 23.6 Å². The maximum absolute atomic E-state index is 12.4. The summed E-state index contributed by atoms with van der Waals surface area (Å²) in [5.74, 6) is 1.37. The second kappa shape index (κ2) is 6.39. The van der Waals surface area contributed by atoms with Gasteiger partial charge in [0.15, 0.2) is 6.61 Å². The molecule has 108 valence electrons. The molecule has 2 rings (SSSR count). The van der Waals surface area contributed by atoms with Crippen LogP contribution >= 0.6 is 11.3 Å². The average molecular weight is 313 g/mol. The standard InChI is InChI=1S/C13H15NO4S2/c1-2-8-18-13(15)11-5-3-7-14(10-11)20(16,17)12-6-4-9-19-12/h1,4,6,9,11H,3,5,7-8,10H2. The molecule has 1 atom stereocenters. The second-order valence-electron chi connectivity index (χ2n) is 4.45. The number of thiophene rings is 1. The normalized spacial score (nSPS) is 20.2. The Hall–Kier alpha value is -1.36.